The van der Waals surface area contributed by atoms with Crippen LogP contribution in [-0.2, 0) is 6.54 Å². The zero-order chi connectivity index (χ0) is 11.6. The van der Waals surface area contributed by atoms with E-state index >= 15 is 0 Å². The first-order chi connectivity index (χ1) is 6.97. The van der Waals surface area contributed by atoms with Crippen molar-refractivity contribution in [2.24, 2.45) is 5.73 Å². The first kappa shape index (κ1) is 11.8. The van der Waals surface area contributed by atoms with E-state index in [1.807, 2.05) is 0 Å². The van der Waals surface area contributed by atoms with Crippen LogP contribution in [0.5, 0.6) is 0 Å². The van der Waals surface area contributed by atoms with Crippen LogP contribution in [-0.4, -0.2) is 16.1 Å². The van der Waals surface area contributed by atoms with Crippen molar-refractivity contribution in [1.82, 2.24) is 4.98 Å². The zero-order valence-electron chi connectivity index (χ0n) is 7.38. The van der Waals surface area contributed by atoms with Gasteiger partial charge in [-0.25, -0.2) is 18.6 Å². The van der Waals surface area contributed by atoms with Gasteiger partial charge in [0.1, 0.15) is 11.3 Å². The van der Waals surface area contributed by atoms with Gasteiger partial charge in [-0.3, -0.25) is 0 Å². The molecule has 15 heavy (non-hydrogen) atoms. The SMILES string of the molecule is NCc1cc(Cl)c(C(=O)O)c(C(F)F)n1. The fourth-order valence-corrected chi connectivity index (χ4v) is 1.36. The largest absolute Gasteiger partial charge is 0.478 e. The van der Waals surface area contributed by atoms with E-state index in [1.54, 1.807) is 0 Å². The lowest BCUT2D eigenvalue weighted by Gasteiger charge is -2.08. The number of hydrogen-bond acceptors (Lipinski definition) is 3. The first-order valence-corrected chi connectivity index (χ1v) is 4.26. The summed E-state index contributed by atoms with van der Waals surface area (Å²) in [4.78, 5) is 14.1. The second kappa shape index (κ2) is 4.50. The van der Waals surface area contributed by atoms with E-state index in [9.17, 15) is 13.6 Å². The third-order valence-corrected chi connectivity index (χ3v) is 1.98. The molecule has 1 aromatic rings. The van der Waals surface area contributed by atoms with Gasteiger partial charge in [0, 0.05) is 6.54 Å². The molecule has 3 N–H and O–H groups in total. The second-order valence-corrected chi connectivity index (χ2v) is 3.07. The summed E-state index contributed by atoms with van der Waals surface area (Å²) in [7, 11) is 0. The minimum absolute atomic E-state index is 0.0840. The number of alkyl halides is 2. The summed E-state index contributed by atoms with van der Waals surface area (Å²) in [5, 5.41) is 8.39. The molecule has 0 aromatic carbocycles. The molecular formula is C8H7ClF2N2O2. The molecule has 1 heterocycles. The van der Waals surface area contributed by atoms with Gasteiger partial charge in [-0.15, -0.1) is 0 Å². The molecule has 0 aliphatic rings. The number of carbonyl (C=O) groups is 1. The van der Waals surface area contributed by atoms with Crippen molar-refractivity contribution in [2.75, 3.05) is 0 Å². The Morgan fingerprint density at radius 2 is 2.27 bits per heavy atom. The molecule has 0 radical (unpaired) electrons. The van der Waals surface area contributed by atoms with Crippen LogP contribution in [0.2, 0.25) is 5.02 Å². The molecule has 4 nitrogen and oxygen atoms in total. The zero-order valence-corrected chi connectivity index (χ0v) is 8.13. The van der Waals surface area contributed by atoms with Gasteiger partial charge in [0.05, 0.1) is 10.7 Å². The molecule has 0 amide bonds. The number of nitrogens with two attached hydrogens (primary N) is 1. The minimum atomic E-state index is -3.00. The minimum Gasteiger partial charge on any atom is -0.478 e. The first-order valence-electron chi connectivity index (χ1n) is 3.88. The van der Waals surface area contributed by atoms with Crippen molar-refractivity contribution in [3.63, 3.8) is 0 Å². The van der Waals surface area contributed by atoms with E-state index in [4.69, 9.17) is 22.4 Å². The summed E-state index contributed by atoms with van der Waals surface area (Å²) < 4.78 is 24.9. The fourth-order valence-electron chi connectivity index (χ4n) is 1.06. The predicted octanol–water partition coefficient (Wildman–Crippen LogP) is 1.83. The molecule has 7 heteroatoms. The smallest absolute Gasteiger partial charge is 0.339 e. The number of hydrogen-bond donors (Lipinski definition) is 2. The fraction of sp³-hybridized carbons (Fsp3) is 0.250. The molecular weight excluding hydrogens is 230 g/mol. The highest BCUT2D eigenvalue weighted by Gasteiger charge is 2.23. The average molecular weight is 237 g/mol. The molecule has 1 rings (SSSR count). The molecule has 0 unspecified atom stereocenters. The second-order valence-electron chi connectivity index (χ2n) is 2.67. The number of carboxylic acid groups (broad SMARTS) is 1. The molecule has 1 aromatic heterocycles. The van der Waals surface area contributed by atoms with Crippen LogP contribution in [0, 0.1) is 0 Å². The van der Waals surface area contributed by atoms with E-state index in [0.29, 0.717) is 0 Å². The number of halogens is 3. The summed E-state index contributed by atoms with van der Waals surface area (Å²) in [6.45, 7) is -0.0840. The predicted molar refractivity (Wildman–Crippen MR) is 49.1 cm³/mol. The number of aromatic nitrogens is 1. The lowest BCUT2D eigenvalue weighted by Crippen LogP contribution is -2.10. The lowest BCUT2D eigenvalue weighted by molar-refractivity contribution is 0.0682. The maximum absolute atomic E-state index is 12.5. The van der Waals surface area contributed by atoms with Crippen molar-refractivity contribution < 1.29 is 18.7 Å². The number of rotatable bonds is 3. The highest BCUT2D eigenvalue weighted by atomic mass is 35.5. The van der Waals surface area contributed by atoms with Crippen molar-refractivity contribution in [3.8, 4) is 0 Å². The van der Waals surface area contributed by atoms with Gasteiger partial charge in [0.25, 0.3) is 6.43 Å². The summed E-state index contributed by atoms with van der Waals surface area (Å²) in [5.74, 6) is -1.54. The summed E-state index contributed by atoms with van der Waals surface area (Å²) in [5.41, 5.74) is 3.80. The van der Waals surface area contributed by atoms with Crippen LogP contribution in [0.15, 0.2) is 6.07 Å². The van der Waals surface area contributed by atoms with Gasteiger partial charge in [-0.05, 0) is 6.07 Å². The van der Waals surface area contributed by atoms with Gasteiger partial charge < -0.3 is 10.8 Å². The van der Waals surface area contributed by atoms with E-state index in [-0.39, 0.29) is 17.3 Å². The van der Waals surface area contributed by atoms with E-state index in [1.165, 1.54) is 0 Å². The lowest BCUT2D eigenvalue weighted by atomic mass is 10.1. The number of nitrogens with zero attached hydrogens (tertiary/aromatic N) is 1. The molecule has 82 valence electrons. The highest BCUT2D eigenvalue weighted by molar-refractivity contribution is 6.33. The van der Waals surface area contributed by atoms with E-state index < -0.39 is 23.7 Å². The number of pyridine rings is 1. The van der Waals surface area contributed by atoms with Crippen molar-refractivity contribution >= 4 is 17.6 Å². The van der Waals surface area contributed by atoms with Crippen LogP contribution in [0.25, 0.3) is 0 Å². The monoisotopic (exact) mass is 236 g/mol. The van der Waals surface area contributed by atoms with Gasteiger partial charge in [-0.1, -0.05) is 11.6 Å². The van der Waals surface area contributed by atoms with Gasteiger partial charge in [0.2, 0.25) is 0 Å². The van der Waals surface area contributed by atoms with Crippen LogP contribution in [0.3, 0.4) is 0 Å². The van der Waals surface area contributed by atoms with Crippen LogP contribution in [0.1, 0.15) is 28.2 Å². The maximum Gasteiger partial charge on any atom is 0.339 e. The molecule has 0 spiro atoms. The van der Waals surface area contributed by atoms with Gasteiger partial charge in [-0.2, -0.15) is 0 Å². The van der Waals surface area contributed by atoms with Gasteiger partial charge >= 0.3 is 5.97 Å². The normalized spacial score (nSPS) is 10.7. The third-order valence-electron chi connectivity index (χ3n) is 1.68. The number of carboxylic acids is 1. The Kier molecular flexibility index (Phi) is 3.54. The number of aromatic carboxylic acids is 1. The summed E-state index contributed by atoms with van der Waals surface area (Å²) in [6.07, 6.45) is -3.00. The van der Waals surface area contributed by atoms with Crippen LogP contribution >= 0.6 is 11.6 Å². The molecule has 0 aliphatic heterocycles. The third kappa shape index (κ3) is 2.40. The molecule has 0 fully saturated rings. The Hall–Kier alpha value is -1.27. The summed E-state index contributed by atoms with van der Waals surface area (Å²) in [6, 6.07) is 1.16. The molecule has 0 saturated carbocycles. The molecule has 0 aliphatic carbocycles. The maximum atomic E-state index is 12.5. The average Bonchev–Trinajstić information content (AvgIpc) is 2.15. The standard InChI is InChI=1S/C8H7ClF2N2O2/c9-4-1-3(2-12)13-6(7(10)11)5(4)8(14)15/h1,7H,2,12H2,(H,14,15). The Labute approximate surface area is 88.7 Å². The van der Waals surface area contributed by atoms with E-state index in [2.05, 4.69) is 4.98 Å². The quantitative estimate of drug-likeness (QED) is 0.839. The Morgan fingerprint density at radius 1 is 1.67 bits per heavy atom. The van der Waals surface area contributed by atoms with Crippen molar-refractivity contribution in [3.05, 3.63) is 28.0 Å². The van der Waals surface area contributed by atoms with Crippen LogP contribution < -0.4 is 5.73 Å². The highest BCUT2D eigenvalue weighted by Crippen LogP contribution is 2.27. The van der Waals surface area contributed by atoms with Crippen molar-refractivity contribution in [2.45, 2.75) is 13.0 Å². The molecule has 0 saturated heterocycles. The van der Waals surface area contributed by atoms with Gasteiger partial charge in [0.15, 0.2) is 0 Å². The Morgan fingerprint density at radius 3 is 2.67 bits per heavy atom. The van der Waals surface area contributed by atoms with Crippen molar-refractivity contribution in [1.29, 1.82) is 0 Å². The Balaban J connectivity index is 3.42. The summed E-state index contributed by atoms with van der Waals surface area (Å²) >= 11 is 5.54. The molecule has 0 atom stereocenters. The van der Waals surface area contributed by atoms with E-state index in [0.717, 1.165) is 6.07 Å². The molecule has 0 bridgehead atoms. The Bertz CT molecular complexity index is 398. The van der Waals surface area contributed by atoms with Crippen LogP contribution in [0.4, 0.5) is 8.78 Å². The topological polar surface area (TPSA) is 76.2 Å².